The second-order valence-corrected chi connectivity index (χ2v) is 7.82. The van der Waals surface area contributed by atoms with Gasteiger partial charge in [0.2, 0.25) is 5.91 Å². The van der Waals surface area contributed by atoms with Crippen molar-refractivity contribution in [3.63, 3.8) is 0 Å². The molecule has 0 saturated carbocycles. The Bertz CT molecular complexity index is 1190. The van der Waals surface area contributed by atoms with E-state index in [9.17, 15) is 14.4 Å². The Kier molecular flexibility index (Phi) is 6.40. The number of cyclic esters (lactones) is 1. The molecule has 0 saturated heterocycles. The average molecular weight is 444 g/mol. The number of anilines is 1. The number of amides is 2. The third kappa shape index (κ3) is 5.03. The van der Waals surface area contributed by atoms with Crippen molar-refractivity contribution in [2.75, 3.05) is 26.0 Å². The molecule has 7 nitrogen and oxygen atoms in total. The molecule has 1 heterocycles. The molecule has 7 heteroatoms. The van der Waals surface area contributed by atoms with Gasteiger partial charge in [-0.1, -0.05) is 36.4 Å². The Morgan fingerprint density at radius 2 is 1.85 bits per heavy atom. The van der Waals surface area contributed by atoms with Crippen LogP contribution in [0.3, 0.4) is 0 Å². The number of fused-ring (bicyclic) bond motifs is 1. The first-order chi connectivity index (χ1) is 15.9. The van der Waals surface area contributed by atoms with Crippen LogP contribution in [-0.4, -0.2) is 43.4 Å². The molecule has 1 N–H and O–H groups in total. The van der Waals surface area contributed by atoms with E-state index in [2.05, 4.69) is 5.32 Å². The molecule has 3 aromatic rings. The Balaban J connectivity index is 1.45. The van der Waals surface area contributed by atoms with E-state index in [1.807, 2.05) is 30.3 Å². The molecule has 2 amide bonds. The smallest absolute Gasteiger partial charge is 0.339 e. The number of nitrogens with one attached hydrogen (secondary N) is 1. The summed E-state index contributed by atoms with van der Waals surface area (Å²) in [5.74, 6) is -0.424. The van der Waals surface area contributed by atoms with Gasteiger partial charge in [0, 0.05) is 30.8 Å². The number of carbonyl (C=O) groups is 3. The van der Waals surface area contributed by atoms with Crippen LogP contribution in [0.1, 0.15) is 37.9 Å². The summed E-state index contributed by atoms with van der Waals surface area (Å²) >= 11 is 0. The van der Waals surface area contributed by atoms with Crippen molar-refractivity contribution >= 4 is 23.5 Å². The van der Waals surface area contributed by atoms with Crippen molar-refractivity contribution in [3.8, 4) is 5.75 Å². The monoisotopic (exact) mass is 444 g/mol. The van der Waals surface area contributed by atoms with Gasteiger partial charge in [0.1, 0.15) is 11.9 Å². The Morgan fingerprint density at radius 1 is 1.06 bits per heavy atom. The average Bonchev–Trinajstić information content (AvgIpc) is 2.83. The van der Waals surface area contributed by atoms with E-state index in [-0.39, 0.29) is 18.4 Å². The summed E-state index contributed by atoms with van der Waals surface area (Å²) in [4.78, 5) is 39.2. The first-order valence-electron chi connectivity index (χ1n) is 10.5. The van der Waals surface area contributed by atoms with Crippen LogP contribution in [0.25, 0.3) is 0 Å². The molecule has 4 rings (SSSR count). The van der Waals surface area contributed by atoms with Crippen LogP contribution in [0.5, 0.6) is 5.75 Å². The van der Waals surface area contributed by atoms with Gasteiger partial charge >= 0.3 is 5.97 Å². The number of hydrogen-bond donors (Lipinski definition) is 1. The minimum absolute atomic E-state index is 0.123. The SMILES string of the molecule is COc1cccc(NC(=O)CN(C)C(=O)c2ccc3c(c2)C[C@H](c2ccccc2)OC3=O)c1. The molecule has 0 bridgehead atoms. The molecule has 1 aliphatic rings. The van der Waals surface area contributed by atoms with Crippen LogP contribution in [0, 0.1) is 0 Å². The molecule has 168 valence electrons. The van der Waals surface area contributed by atoms with Crippen LogP contribution in [-0.2, 0) is 16.0 Å². The van der Waals surface area contributed by atoms with Crippen LogP contribution in [0.2, 0.25) is 0 Å². The van der Waals surface area contributed by atoms with E-state index in [1.165, 1.54) is 4.90 Å². The highest BCUT2D eigenvalue weighted by Gasteiger charge is 2.28. The van der Waals surface area contributed by atoms with Crippen LogP contribution in [0.4, 0.5) is 5.69 Å². The van der Waals surface area contributed by atoms with Gasteiger partial charge in [0.05, 0.1) is 19.2 Å². The topological polar surface area (TPSA) is 84.9 Å². The van der Waals surface area contributed by atoms with E-state index in [0.717, 1.165) is 11.1 Å². The largest absolute Gasteiger partial charge is 0.497 e. The fourth-order valence-electron chi connectivity index (χ4n) is 3.79. The van der Waals surface area contributed by atoms with Crippen molar-refractivity contribution in [2.24, 2.45) is 0 Å². The van der Waals surface area contributed by atoms with Gasteiger partial charge in [0.25, 0.3) is 5.91 Å². The second kappa shape index (κ2) is 9.56. The van der Waals surface area contributed by atoms with Crippen LogP contribution < -0.4 is 10.1 Å². The molecule has 0 spiro atoms. The lowest BCUT2D eigenvalue weighted by Crippen LogP contribution is -2.35. The first kappa shape index (κ1) is 22.1. The van der Waals surface area contributed by atoms with Crippen molar-refractivity contribution < 1.29 is 23.9 Å². The number of nitrogens with zero attached hydrogens (tertiary/aromatic N) is 1. The fraction of sp³-hybridized carbons (Fsp3) is 0.192. The highest BCUT2D eigenvalue weighted by Crippen LogP contribution is 2.31. The number of carbonyl (C=O) groups excluding carboxylic acids is 3. The highest BCUT2D eigenvalue weighted by molar-refractivity contribution is 6.00. The molecule has 0 aromatic heterocycles. The Labute approximate surface area is 191 Å². The van der Waals surface area contributed by atoms with E-state index in [4.69, 9.17) is 9.47 Å². The number of esters is 1. The predicted octanol–water partition coefficient (Wildman–Crippen LogP) is 3.86. The van der Waals surface area contributed by atoms with Gasteiger partial charge in [-0.25, -0.2) is 4.79 Å². The van der Waals surface area contributed by atoms with Crippen LogP contribution >= 0.6 is 0 Å². The van der Waals surface area contributed by atoms with Gasteiger partial charge < -0.3 is 19.7 Å². The maximum atomic E-state index is 13.0. The second-order valence-electron chi connectivity index (χ2n) is 7.82. The zero-order chi connectivity index (χ0) is 23.4. The molecule has 1 atom stereocenters. The maximum absolute atomic E-state index is 13.0. The van der Waals surface area contributed by atoms with Crippen LogP contribution in [0.15, 0.2) is 72.8 Å². The number of hydrogen-bond acceptors (Lipinski definition) is 5. The maximum Gasteiger partial charge on any atom is 0.339 e. The molecule has 1 aliphatic heterocycles. The van der Waals surface area contributed by atoms with Gasteiger partial charge in [-0.3, -0.25) is 9.59 Å². The lowest BCUT2D eigenvalue weighted by atomic mass is 9.93. The van der Waals surface area contributed by atoms with Crippen molar-refractivity contribution in [2.45, 2.75) is 12.5 Å². The molecule has 0 fully saturated rings. The summed E-state index contributed by atoms with van der Waals surface area (Å²) in [6.45, 7) is -0.123. The molecule has 0 aliphatic carbocycles. The fourth-order valence-corrected chi connectivity index (χ4v) is 3.79. The number of likely N-dealkylation sites (N-methyl/N-ethyl adjacent to an activating group) is 1. The molecular formula is C26H24N2O5. The first-order valence-corrected chi connectivity index (χ1v) is 10.5. The summed E-state index contributed by atoms with van der Waals surface area (Å²) < 4.78 is 10.7. The van der Waals surface area contributed by atoms with E-state index in [0.29, 0.717) is 29.0 Å². The summed E-state index contributed by atoms with van der Waals surface area (Å²) in [6, 6.07) is 21.4. The van der Waals surface area contributed by atoms with Gasteiger partial charge in [0.15, 0.2) is 0 Å². The third-order valence-electron chi connectivity index (χ3n) is 5.48. The van der Waals surface area contributed by atoms with Gasteiger partial charge in [-0.15, -0.1) is 0 Å². The van der Waals surface area contributed by atoms with Gasteiger partial charge in [-0.2, -0.15) is 0 Å². The highest BCUT2D eigenvalue weighted by atomic mass is 16.5. The zero-order valence-corrected chi connectivity index (χ0v) is 18.4. The minimum atomic E-state index is -0.407. The number of methoxy groups -OCH3 is 1. The molecule has 3 aromatic carbocycles. The summed E-state index contributed by atoms with van der Waals surface area (Å²) in [5, 5.41) is 2.76. The Morgan fingerprint density at radius 3 is 2.61 bits per heavy atom. The van der Waals surface area contributed by atoms with Crippen molar-refractivity contribution in [3.05, 3.63) is 95.1 Å². The van der Waals surface area contributed by atoms with Gasteiger partial charge in [-0.05, 0) is 41.5 Å². The summed E-state index contributed by atoms with van der Waals surface area (Å²) in [7, 11) is 3.11. The molecule has 0 unspecified atom stereocenters. The summed E-state index contributed by atoms with van der Waals surface area (Å²) in [6.07, 6.45) is 0.0783. The van der Waals surface area contributed by atoms with E-state index in [1.54, 1.807) is 56.6 Å². The number of rotatable bonds is 6. The lowest BCUT2D eigenvalue weighted by Gasteiger charge is -2.26. The normalized spacial score (nSPS) is 14.6. The number of ether oxygens (including phenoxy) is 2. The van der Waals surface area contributed by atoms with Crippen molar-refractivity contribution in [1.82, 2.24) is 4.90 Å². The summed E-state index contributed by atoms with van der Waals surface area (Å²) in [5.41, 5.74) is 3.10. The standard InChI is InChI=1S/C26H24N2O5/c1-28(16-24(29)27-20-9-6-10-21(15-20)32-2)25(30)18-11-12-22-19(13-18)14-23(33-26(22)31)17-7-4-3-5-8-17/h3-13,15,23H,14,16H2,1-2H3,(H,27,29)/t23-/m1/s1. The predicted molar refractivity (Wildman–Crippen MR) is 123 cm³/mol. The number of benzene rings is 3. The minimum Gasteiger partial charge on any atom is -0.497 e. The Hall–Kier alpha value is -4.13. The lowest BCUT2D eigenvalue weighted by molar-refractivity contribution is -0.116. The molecular weight excluding hydrogens is 420 g/mol. The van der Waals surface area contributed by atoms with E-state index >= 15 is 0 Å². The molecule has 0 radical (unpaired) electrons. The molecule has 33 heavy (non-hydrogen) atoms. The van der Waals surface area contributed by atoms with Crippen molar-refractivity contribution in [1.29, 1.82) is 0 Å². The quantitative estimate of drug-likeness (QED) is 0.584. The van der Waals surface area contributed by atoms with E-state index < -0.39 is 12.1 Å². The zero-order valence-electron chi connectivity index (χ0n) is 18.4. The third-order valence-corrected chi connectivity index (χ3v) is 5.48.